The predicted octanol–water partition coefficient (Wildman–Crippen LogP) is 5.91. The van der Waals surface area contributed by atoms with Gasteiger partial charge in [-0.1, -0.05) is 74.5 Å². The first kappa shape index (κ1) is 24.3. The number of nitrogens with one attached hydrogen (secondary N) is 1. The molecular weight excluding hydrogens is 464 g/mol. The van der Waals surface area contributed by atoms with E-state index in [2.05, 4.69) is 5.32 Å². The van der Waals surface area contributed by atoms with Gasteiger partial charge in [-0.05, 0) is 57.6 Å². The average Bonchev–Trinajstić information content (AvgIpc) is 3.23. The van der Waals surface area contributed by atoms with E-state index in [4.69, 9.17) is 4.74 Å². The van der Waals surface area contributed by atoms with Crippen molar-refractivity contribution in [3.05, 3.63) is 102 Å². The molecule has 1 aliphatic rings. The minimum atomic E-state index is -0.627. The highest BCUT2D eigenvalue weighted by atomic mass is 16.5. The zero-order valence-corrected chi connectivity index (χ0v) is 21.0. The fourth-order valence-corrected chi connectivity index (χ4v) is 4.98. The van der Waals surface area contributed by atoms with Gasteiger partial charge in [-0.15, -0.1) is 0 Å². The Hall–Kier alpha value is -4.45. The molecule has 1 heterocycles. The third-order valence-electron chi connectivity index (χ3n) is 6.86. The molecule has 0 aromatic heterocycles. The lowest BCUT2D eigenvalue weighted by Crippen LogP contribution is -2.45. The summed E-state index contributed by atoms with van der Waals surface area (Å²) < 4.78 is 4.95. The Morgan fingerprint density at radius 3 is 2.32 bits per heavy atom. The van der Waals surface area contributed by atoms with Crippen molar-refractivity contribution in [3.8, 4) is 11.1 Å². The molecule has 6 heteroatoms. The molecule has 0 aliphatic carbocycles. The van der Waals surface area contributed by atoms with Gasteiger partial charge in [0.1, 0.15) is 6.04 Å². The largest absolute Gasteiger partial charge is 0.467 e. The number of rotatable bonds is 6. The minimum Gasteiger partial charge on any atom is -0.467 e. The summed E-state index contributed by atoms with van der Waals surface area (Å²) >= 11 is 0. The highest BCUT2D eigenvalue weighted by Gasteiger charge is 2.38. The second-order valence-electron chi connectivity index (χ2n) is 9.58. The van der Waals surface area contributed by atoms with E-state index in [9.17, 15) is 14.4 Å². The van der Waals surface area contributed by atoms with Crippen LogP contribution < -0.4 is 5.32 Å². The molecule has 4 aromatic rings. The molecular formula is C31H28N2O4. The molecule has 6 nitrogen and oxygen atoms in total. The predicted molar refractivity (Wildman–Crippen MR) is 144 cm³/mol. The Balaban J connectivity index is 1.34. The van der Waals surface area contributed by atoms with Crippen molar-refractivity contribution in [1.29, 1.82) is 0 Å². The van der Waals surface area contributed by atoms with Crippen molar-refractivity contribution >= 4 is 34.2 Å². The molecule has 0 fully saturated rings. The number of hydrogen-bond donors (Lipinski definition) is 1. The number of methoxy groups -OCH3 is 1. The van der Waals surface area contributed by atoms with E-state index in [1.807, 2.05) is 98.8 Å². The lowest BCUT2D eigenvalue weighted by molar-refractivity contribution is -0.147. The molecule has 0 saturated heterocycles. The fourth-order valence-electron chi connectivity index (χ4n) is 4.98. The maximum atomic E-state index is 13.2. The van der Waals surface area contributed by atoms with Crippen molar-refractivity contribution in [2.75, 3.05) is 12.4 Å². The lowest BCUT2D eigenvalue weighted by atomic mass is 10.00. The number of carbonyl (C=O) groups is 3. The van der Waals surface area contributed by atoms with Crippen LogP contribution in [0, 0.1) is 5.92 Å². The van der Waals surface area contributed by atoms with Crippen LogP contribution in [0.3, 0.4) is 0 Å². The summed E-state index contributed by atoms with van der Waals surface area (Å²) in [6.45, 7) is 4.19. The van der Waals surface area contributed by atoms with Crippen LogP contribution in [0.1, 0.15) is 40.1 Å². The normalized spacial score (nSPS) is 13.5. The molecule has 1 N–H and O–H groups in total. The summed E-state index contributed by atoms with van der Waals surface area (Å²) in [7, 11) is 1.34. The molecule has 4 aromatic carbocycles. The molecule has 1 aliphatic heterocycles. The van der Waals surface area contributed by atoms with Gasteiger partial charge in [0.25, 0.3) is 11.8 Å². The fraction of sp³-hybridized carbons (Fsp3) is 0.194. The Kier molecular flexibility index (Phi) is 6.49. The molecule has 2 amide bonds. The minimum absolute atomic E-state index is 0.0678. The van der Waals surface area contributed by atoms with Crippen molar-refractivity contribution in [2.45, 2.75) is 26.4 Å². The highest BCUT2D eigenvalue weighted by molar-refractivity contribution is 6.13. The van der Waals surface area contributed by atoms with E-state index in [0.29, 0.717) is 23.4 Å². The van der Waals surface area contributed by atoms with Crippen LogP contribution in [0.5, 0.6) is 0 Å². The van der Waals surface area contributed by atoms with Crippen LogP contribution >= 0.6 is 0 Å². The van der Waals surface area contributed by atoms with Crippen LogP contribution in [-0.2, 0) is 16.1 Å². The molecule has 0 spiro atoms. The Labute approximate surface area is 215 Å². The van der Waals surface area contributed by atoms with E-state index in [1.54, 1.807) is 4.90 Å². The number of esters is 1. The lowest BCUT2D eigenvalue weighted by Gasteiger charge is -2.28. The third-order valence-corrected chi connectivity index (χ3v) is 6.86. The third kappa shape index (κ3) is 4.58. The first-order valence-electron chi connectivity index (χ1n) is 12.3. The molecule has 0 bridgehead atoms. The first-order valence-corrected chi connectivity index (χ1v) is 12.3. The van der Waals surface area contributed by atoms with Gasteiger partial charge in [0, 0.05) is 23.4 Å². The SMILES string of the molecule is COC(=O)C(C(C)C)N1Cc2ccc(-c3ccc(NC(=O)c4cccc5ccccc45)cc3)cc2C1=O. The summed E-state index contributed by atoms with van der Waals surface area (Å²) in [5, 5.41) is 4.90. The van der Waals surface area contributed by atoms with E-state index < -0.39 is 12.0 Å². The second-order valence-corrected chi connectivity index (χ2v) is 9.58. The number of carbonyl (C=O) groups excluding carboxylic acids is 3. The zero-order valence-electron chi connectivity index (χ0n) is 21.0. The van der Waals surface area contributed by atoms with Crippen LogP contribution in [-0.4, -0.2) is 35.8 Å². The van der Waals surface area contributed by atoms with E-state index >= 15 is 0 Å². The number of amides is 2. The molecule has 186 valence electrons. The van der Waals surface area contributed by atoms with Gasteiger partial charge in [0.2, 0.25) is 0 Å². The Morgan fingerprint density at radius 2 is 1.59 bits per heavy atom. The zero-order chi connectivity index (χ0) is 26.1. The number of nitrogens with zero attached hydrogens (tertiary/aromatic N) is 1. The van der Waals surface area contributed by atoms with Crippen molar-refractivity contribution in [1.82, 2.24) is 4.90 Å². The summed E-state index contributed by atoms with van der Waals surface area (Å²) in [5.41, 5.74) is 4.60. The average molecular weight is 493 g/mol. The number of benzene rings is 4. The van der Waals surface area contributed by atoms with E-state index in [-0.39, 0.29) is 17.7 Å². The van der Waals surface area contributed by atoms with Crippen LogP contribution in [0.4, 0.5) is 5.69 Å². The van der Waals surface area contributed by atoms with Crippen molar-refractivity contribution in [2.24, 2.45) is 5.92 Å². The van der Waals surface area contributed by atoms with Crippen LogP contribution in [0.15, 0.2) is 84.9 Å². The van der Waals surface area contributed by atoms with Gasteiger partial charge in [0.15, 0.2) is 0 Å². The van der Waals surface area contributed by atoms with Crippen LogP contribution in [0.25, 0.3) is 21.9 Å². The van der Waals surface area contributed by atoms with Gasteiger partial charge in [-0.25, -0.2) is 4.79 Å². The molecule has 37 heavy (non-hydrogen) atoms. The molecule has 5 rings (SSSR count). The Bertz CT molecular complexity index is 1500. The van der Waals surface area contributed by atoms with Crippen molar-refractivity contribution in [3.63, 3.8) is 0 Å². The van der Waals surface area contributed by atoms with Gasteiger partial charge >= 0.3 is 5.97 Å². The summed E-state index contributed by atoms with van der Waals surface area (Å²) in [4.78, 5) is 40.1. The van der Waals surface area contributed by atoms with E-state index in [1.165, 1.54) is 7.11 Å². The molecule has 1 atom stereocenters. The van der Waals surface area contributed by atoms with Crippen LogP contribution in [0.2, 0.25) is 0 Å². The van der Waals surface area contributed by atoms with E-state index in [0.717, 1.165) is 27.5 Å². The number of fused-ring (bicyclic) bond motifs is 2. The van der Waals surface area contributed by atoms with Crippen molar-refractivity contribution < 1.29 is 19.1 Å². The standard InChI is InChI=1S/C31H28N2O4/c1-19(2)28(31(36)37-3)33-18-23-12-11-22(17-27(23)30(33)35)20-13-15-24(16-14-20)32-29(34)26-10-6-8-21-7-4-5-9-25(21)26/h4-17,19,28H,18H2,1-3H3,(H,32,34). The van der Waals surface area contributed by atoms with Gasteiger partial charge < -0.3 is 15.0 Å². The number of ether oxygens (including phenoxy) is 1. The molecule has 0 saturated carbocycles. The summed E-state index contributed by atoms with van der Waals surface area (Å²) in [6, 6.07) is 26.2. The number of hydrogen-bond acceptors (Lipinski definition) is 4. The van der Waals surface area contributed by atoms with Gasteiger partial charge in [-0.3, -0.25) is 9.59 Å². The highest BCUT2D eigenvalue weighted by Crippen LogP contribution is 2.32. The maximum Gasteiger partial charge on any atom is 0.328 e. The smallest absolute Gasteiger partial charge is 0.328 e. The quantitative estimate of drug-likeness (QED) is 0.340. The first-order chi connectivity index (χ1) is 17.9. The summed E-state index contributed by atoms with van der Waals surface area (Å²) in [5.74, 6) is -0.808. The Morgan fingerprint density at radius 1 is 0.892 bits per heavy atom. The molecule has 1 unspecified atom stereocenters. The second kappa shape index (κ2) is 9.90. The monoisotopic (exact) mass is 492 g/mol. The topological polar surface area (TPSA) is 75.7 Å². The maximum absolute atomic E-state index is 13.2. The van der Waals surface area contributed by atoms with Gasteiger partial charge in [-0.2, -0.15) is 0 Å². The molecule has 0 radical (unpaired) electrons. The van der Waals surface area contributed by atoms with Gasteiger partial charge in [0.05, 0.1) is 7.11 Å². The summed E-state index contributed by atoms with van der Waals surface area (Å²) in [6.07, 6.45) is 0. The number of anilines is 1.